The zero-order valence-electron chi connectivity index (χ0n) is 5.62. The van der Waals surface area contributed by atoms with Crippen molar-refractivity contribution in [2.24, 2.45) is 5.92 Å². The Morgan fingerprint density at radius 2 is 2.20 bits per heavy atom. The average molecular weight is 398 g/mol. The quantitative estimate of drug-likeness (QED) is 0.528. The van der Waals surface area contributed by atoms with Crippen LogP contribution in [-0.4, -0.2) is 46.8 Å². The van der Waals surface area contributed by atoms with Crippen LogP contribution in [0.15, 0.2) is 0 Å². The Morgan fingerprint density at radius 1 is 1.20 bits per heavy atom. The van der Waals surface area contributed by atoms with Crippen LogP contribution < -0.4 is 0 Å². The van der Waals surface area contributed by atoms with Gasteiger partial charge in [-0.1, -0.05) is 0 Å². The van der Waals surface area contributed by atoms with Crippen molar-refractivity contribution in [2.75, 3.05) is 0 Å². The molecule has 4 bridgehead atoms. The Balaban J connectivity index is 1.90. The van der Waals surface area contributed by atoms with Crippen molar-refractivity contribution < 1.29 is 0 Å². The van der Waals surface area contributed by atoms with Crippen LogP contribution in [0.2, 0.25) is 20.8 Å². The summed E-state index contributed by atoms with van der Waals surface area (Å²) in [6, 6.07) is 0. The van der Waals surface area contributed by atoms with E-state index in [1.807, 2.05) is 10.6 Å². The van der Waals surface area contributed by atoms with Crippen LogP contribution in [0.4, 0.5) is 0 Å². The molecule has 4 rings (SSSR count). The van der Waals surface area contributed by atoms with Crippen LogP contribution >= 0.6 is 0 Å². The standard InChI is InChI=1S/C6H10Se4/c1-5-2-9-4-6(1)7-10(3-5)8-9/h5-6H,1-4H2. The summed E-state index contributed by atoms with van der Waals surface area (Å²) in [6.07, 6.45) is 1.70. The molecule has 0 spiro atoms. The Bertz CT molecular complexity index is 101. The minimum absolute atomic E-state index is 0.175. The molecule has 2 atom stereocenters. The second-order valence-electron chi connectivity index (χ2n) is 3.13. The van der Waals surface area contributed by atoms with Gasteiger partial charge in [-0.3, -0.25) is 0 Å². The van der Waals surface area contributed by atoms with Crippen LogP contribution in [0.5, 0.6) is 0 Å². The molecule has 0 aromatic carbocycles. The van der Waals surface area contributed by atoms with Crippen molar-refractivity contribution in [3.05, 3.63) is 0 Å². The van der Waals surface area contributed by atoms with Crippen LogP contribution in [-0.2, 0) is 0 Å². The van der Waals surface area contributed by atoms with Gasteiger partial charge in [-0.2, -0.15) is 0 Å². The van der Waals surface area contributed by atoms with Crippen LogP contribution in [0.1, 0.15) is 6.42 Å². The molecule has 4 fully saturated rings. The second-order valence-corrected chi connectivity index (χ2v) is 41.2. The van der Waals surface area contributed by atoms with E-state index in [2.05, 4.69) is 0 Å². The van der Waals surface area contributed by atoms with E-state index in [-0.39, 0.29) is 22.3 Å². The molecular formula is C6H10Se4. The zero-order chi connectivity index (χ0) is 6.55. The molecule has 0 amide bonds. The molecule has 58 valence electrons. The van der Waals surface area contributed by atoms with E-state index in [0.717, 1.165) is 0 Å². The van der Waals surface area contributed by atoms with Crippen LogP contribution in [0.25, 0.3) is 0 Å². The Hall–Kier alpha value is 2.08. The monoisotopic (exact) mass is 402 g/mol. The summed E-state index contributed by atoms with van der Waals surface area (Å²) >= 11 is 2.79. The molecule has 0 N–H and O–H groups in total. The summed E-state index contributed by atoms with van der Waals surface area (Å²) in [4.78, 5) is 1.37. The Kier molecular flexibility index (Phi) is 2.09. The first kappa shape index (κ1) is 7.48. The molecule has 4 heteroatoms. The summed E-state index contributed by atoms with van der Waals surface area (Å²) in [6.45, 7) is 0. The van der Waals surface area contributed by atoms with E-state index >= 15 is 0 Å². The summed E-state index contributed by atoms with van der Waals surface area (Å²) in [5, 5.41) is 5.43. The summed E-state index contributed by atoms with van der Waals surface area (Å²) < 4.78 is 0. The Morgan fingerprint density at radius 3 is 2.90 bits per heavy atom. The van der Waals surface area contributed by atoms with Gasteiger partial charge >= 0.3 is 79.9 Å². The molecule has 0 nitrogen and oxygen atoms in total. The third-order valence-corrected chi connectivity index (χ3v) is 66.0. The Labute approximate surface area is 79.0 Å². The molecular weight excluding hydrogens is 388 g/mol. The fraction of sp³-hybridized carbons (Fsp3) is 1.00. The second kappa shape index (κ2) is 2.79. The van der Waals surface area contributed by atoms with E-state index < -0.39 is 0 Å². The zero-order valence-corrected chi connectivity index (χ0v) is 12.5. The summed E-state index contributed by atoms with van der Waals surface area (Å²) in [5.74, 6) is 1.32. The number of rotatable bonds is 0. The molecule has 4 saturated heterocycles. The van der Waals surface area contributed by atoms with Crippen molar-refractivity contribution in [3.63, 3.8) is 0 Å². The fourth-order valence-corrected chi connectivity index (χ4v) is 97.2. The van der Waals surface area contributed by atoms with Gasteiger partial charge in [0.15, 0.2) is 0 Å². The molecule has 4 aliphatic rings. The van der Waals surface area contributed by atoms with E-state index in [1.54, 1.807) is 11.7 Å². The molecule has 0 saturated carbocycles. The third-order valence-electron chi connectivity index (χ3n) is 2.18. The van der Waals surface area contributed by atoms with Crippen molar-refractivity contribution in [1.82, 2.24) is 0 Å². The first-order valence-corrected chi connectivity index (χ1v) is 21.3. The van der Waals surface area contributed by atoms with Gasteiger partial charge in [-0.15, -0.1) is 0 Å². The molecule has 0 aliphatic carbocycles. The van der Waals surface area contributed by atoms with Crippen LogP contribution in [0, 0.1) is 5.92 Å². The van der Waals surface area contributed by atoms with Crippen molar-refractivity contribution in [1.29, 1.82) is 0 Å². The van der Waals surface area contributed by atoms with E-state index in [4.69, 9.17) is 0 Å². The summed E-state index contributed by atoms with van der Waals surface area (Å²) in [5.41, 5.74) is 0. The van der Waals surface area contributed by atoms with Gasteiger partial charge in [0.1, 0.15) is 0 Å². The maximum absolute atomic E-state index is 1.82. The van der Waals surface area contributed by atoms with Crippen molar-refractivity contribution >= 4 is 46.8 Å². The predicted molar refractivity (Wildman–Crippen MR) is 49.3 cm³/mol. The fourth-order valence-electron chi connectivity index (χ4n) is 1.82. The van der Waals surface area contributed by atoms with Crippen LogP contribution in [0.3, 0.4) is 0 Å². The summed E-state index contributed by atoms with van der Waals surface area (Å²) in [7, 11) is 0.222. The molecule has 4 aliphatic heterocycles. The third kappa shape index (κ3) is 1.22. The maximum atomic E-state index is 1.82. The van der Waals surface area contributed by atoms with E-state index in [0.29, 0.717) is 0 Å². The number of hydrogen-bond acceptors (Lipinski definition) is 0. The molecule has 2 unspecified atom stereocenters. The molecule has 0 aromatic rings. The normalized spacial score (nSPS) is 46.8. The average Bonchev–Trinajstić information content (AvgIpc) is 1.82. The molecule has 0 aromatic heterocycles. The van der Waals surface area contributed by atoms with Gasteiger partial charge in [-0.05, 0) is 0 Å². The van der Waals surface area contributed by atoms with Gasteiger partial charge in [0.25, 0.3) is 0 Å². The molecule has 2 radical (unpaired) electrons. The van der Waals surface area contributed by atoms with Gasteiger partial charge in [-0.25, -0.2) is 0 Å². The molecule has 4 heterocycles. The minimum atomic E-state index is 0.175. The van der Waals surface area contributed by atoms with Crippen molar-refractivity contribution in [2.45, 2.75) is 27.2 Å². The van der Waals surface area contributed by atoms with Crippen molar-refractivity contribution in [3.8, 4) is 0 Å². The first-order valence-electron chi connectivity index (χ1n) is 3.64. The number of hydrogen-bond donors (Lipinski definition) is 0. The van der Waals surface area contributed by atoms with Gasteiger partial charge in [0.2, 0.25) is 0 Å². The predicted octanol–water partition coefficient (Wildman–Crippen LogP) is 0.710. The molecule has 10 heavy (non-hydrogen) atoms. The van der Waals surface area contributed by atoms with Gasteiger partial charge in [0, 0.05) is 0 Å². The van der Waals surface area contributed by atoms with Gasteiger partial charge in [0.05, 0.1) is 0 Å². The topological polar surface area (TPSA) is 0 Å². The van der Waals surface area contributed by atoms with E-state index in [1.165, 1.54) is 35.2 Å². The van der Waals surface area contributed by atoms with E-state index in [9.17, 15) is 0 Å². The first-order chi connectivity index (χ1) is 4.90. The SMILES string of the molecule is C1C2C[Se]3CC1[Se][Se](C2)[Se]3. The van der Waals surface area contributed by atoms with Gasteiger partial charge < -0.3 is 0 Å².